The monoisotopic (exact) mass is 457 g/mol. The number of aliphatic hydroxyl groups excluding tert-OH is 1. The van der Waals surface area contributed by atoms with Crippen molar-refractivity contribution in [1.29, 1.82) is 0 Å². The molecule has 0 spiro atoms. The number of amides is 1. The highest BCUT2D eigenvalue weighted by atomic mass is 16.5. The molecular formula is C28H27NO5. The molecule has 6 heteroatoms. The van der Waals surface area contributed by atoms with Crippen LogP contribution < -0.4 is 14.4 Å². The SMILES string of the molecule is CCOc1ccc(/C(O)=C2/C(=O)C(=O)N(c3ccccc3)C2c2ccc(OC(C)C)cc2)cc1. The maximum Gasteiger partial charge on any atom is 0.300 e. The van der Waals surface area contributed by atoms with Gasteiger partial charge in [-0.2, -0.15) is 0 Å². The normalized spacial score (nSPS) is 17.3. The second-order valence-electron chi connectivity index (χ2n) is 8.20. The van der Waals surface area contributed by atoms with E-state index in [1.54, 1.807) is 60.7 Å². The Balaban J connectivity index is 1.84. The minimum Gasteiger partial charge on any atom is -0.507 e. The number of ketones is 1. The minimum absolute atomic E-state index is 0.0143. The Morgan fingerprint density at radius 2 is 1.53 bits per heavy atom. The molecule has 0 saturated carbocycles. The number of hydrogen-bond acceptors (Lipinski definition) is 5. The minimum atomic E-state index is -0.790. The van der Waals surface area contributed by atoms with Gasteiger partial charge < -0.3 is 14.6 Å². The fourth-order valence-electron chi connectivity index (χ4n) is 4.03. The summed E-state index contributed by atoms with van der Waals surface area (Å²) < 4.78 is 11.2. The zero-order chi connectivity index (χ0) is 24.2. The van der Waals surface area contributed by atoms with E-state index in [1.807, 2.05) is 39.0 Å². The lowest BCUT2D eigenvalue weighted by Gasteiger charge is -2.25. The third-order valence-electron chi connectivity index (χ3n) is 5.49. The first kappa shape index (κ1) is 23.1. The Labute approximate surface area is 199 Å². The van der Waals surface area contributed by atoms with Gasteiger partial charge in [-0.1, -0.05) is 30.3 Å². The fourth-order valence-corrected chi connectivity index (χ4v) is 4.03. The van der Waals surface area contributed by atoms with Crippen LogP contribution in [0.3, 0.4) is 0 Å². The van der Waals surface area contributed by atoms with Crippen LogP contribution in [-0.4, -0.2) is 29.5 Å². The zero-order valence-corrected chi connectivity index (χ0v) is 19.4. The van der Waals surface area contributed by atoms with Gasteiger partial charge in [-0.05, 0) is 74.9 Å². The average molecular weight is 458 g/mol. The molecule has 174 valence electrons. The highest BCUT2D eigenvalue weighted by molar-refractivity contribution is 6.51. The van der Waals surface area contributed by atoms with E-state index in [0.29, 0.717) is 34.9 Å². The maximum atomic E-state index is 13.2. The van der Waals surface area contributed by atoms with Crippen LogP contribution in [0, 0.1) is 0 Å². The molecule has 0 radical (unpaired) electrons. The van der Waals surface area contributed by atoms with Gasteiger partial charge in [-0.25, -0.2) is 0 Å². The number of hydrogen-bond donors (Lipinski definition) is 1. The number of Topliss-reactive ketones (excluding diaryl/α,β-unsaturated/α-hetero) is 1. The number of rotatable bonds is 7. The fraction of sp³-hybridized carbons (Fsp3) is 0.214. The summed E-state index contributed by atoms with van der Waals surface area (Å²) >= 11 is 0. The van der Waals surface area contributed by atoms with Crippen LogP contribution in [-0.2, 0) is 9.59 Å². The quantitative estimate of drug-likeness (QED) is 0.288. The summed E-state index contributed by atoms with van der Waals surface area (Å²) in [5.74, 6) is -0.315. The molecule has 0 aliphatic carbocycles. The Morgan fingerprint density at radius 3 is 2.12 bits per heavy atom. The maximum absolute atomic E-state index is 13.2. The Hall–Kier alpha value is -4.06. The number of carbonyl (C=O) groups excluding carboxylic acids is 2. The molecule has 1 saturated heterocycles. The first-order chi connectivity index (χ1) is 16.4. The van der Waals surface area contributed by atoms with Gasteiger partial charge in [0, 0.05) is 11.3 Å². The van der Waals surface area contributed by atoms with E-state index in [0.717, 1.165) is 0 Å². The second-order valence-corrected chi connectivity index (χ2v) is 8.20. The molecule has 1 amide bonds. The molecule has 3 aromatic rings. The molecule has 34 heavy (non-hydrogen) atoms. The molecule has 1 unspecified atom stereocenters. The van der Waals surface area contributed by atoms with E-state index >= 15 is 0 Å². The number of para-hydroxylation sites is 1. The van der Waals surface area contributed by atoms with Crippen molar-refractivity contribution in [2.24, 2.45) is 0 Å². The van der Waals surface area contributed by atoms with Crippen molar-refractivity contribution in [1.82, 2.24) is 0 Å². The molecule has 1 aliphatic rings. The van der Waals surface area contributed by atoms with Gasteiger partial charge in [0.2, 0.25) is 0 Å². The number of anilines is 1. The standard InChI is InChI=1S/C28H27NO5/c1-4-33-22-14-12-20(13-15-22)26(30)24-25(19-10-16-23(17-11-19)34-18(2)3)29(28(32)27(24)31)21-8-6-5-7-9-21/h5-18,25,30H,4H2,1-3H3/b26-24-. The van der Waals surface area contributed by atoms with Crippen molar-refractivity contribution in [3.05, 3.63) is 95.6 Å². The molecule has 0 bridgehead atoms. The molecule has 1 fully saturated rings. The number of aliphatic hydroxyl groups is 1. The third kappa shape index (κ3) is 4.53. The molecule has 1 N–H and O–H groups in total. The lowest BCUT2D eigenvalue weighted by Crippen LogP contribution is -2.29. The second kappa shape index (κ2) is 9.83. The third-order valence-corrected chi connectivity index (χ3v) is 5.49. The number of nitrogens with zero attached hydrogens (tertiary/aromatic N) is 1. The van der Waals surface area contributed by atoms with E-state index in [2.05, 4.69) is 0 Å². The van der Waals surface area contributed by atoms with Gasteiger partial charge >= 0.3 is 0 Å². The summed E-state index contributed by atoms with van der Waals surface area (Å²) in [6, 6.07) is 22.2. The summed E-state index contributed by atoms with van der Waals surface area (Å²) in [6.07, 6.45) is 0.0143. The lowest BCUT2D eigenvalue weighted by molar-refractivity contribution is -0.132. The summed E-state index contributed by atoms with van der Waals surface area (Å²) in [5.41, 5.74) is 1.73. The smallest absolute Gasteiger partial charge is 0.300 e. The van der Waals surface area contributed by atoms with E-state index < -0.39 is 17.7 Å². The number of carbonyl (C=O) groups is 2. The predicted octanol–water partition coefficient (Wildman–Crippen LogP) is 5.50. The van der Waals surface area contributed by atoms with Gasteiger partial charge in [0.05, 0.1) is 24.3 Å². The largest absolute Gasteiger partial charge is 0.507 e. The van der Waals surface area contributed by atoms with Gasteiger partial charge in [0.1, 0.15) is 17.3 Å². The van der Waals surface area contributed by atoms with Crippen LogP contribution in [0.2, 0.25) is 0 Å². The highest BCUT2D eigenvalue weighted by Crippen LogP contribution is 2.42. The summed E-state index contributed by atoms with van der Waals surface area (Å²) in [6.45, 7) is 6.28. The van der Waals surface area contributed by atoms with E-state index in [1.165, 1.54) is 4.90 Å². The van der Waals surface area contributed by atoms with E-state index in [4.69, 9.17) is 9.47 Å². The molecule has 0 aromatic heterocycles. The molecule has 3 aromatic carbocycles. The van der Waals surface area contributed by atoms with Crippen LogP contribution in [0.5, 0.6) is 11.5 Å². The van der Waals surface area contributed by atoms with Crippen LogP contribution in [0.15, 0.2) is 84.4 Å². The summed E-state index contributed by atoms with van der Waals surface area (Å²) in [4.78, 5) is 27.8. The van der Waals surface area contributed by atoms with Crippen molar-refractivity contribution < 1.29 is 24.2 Å². The van der Waals surface area contributed by atoms with Crippen molar-refractivity contribution >= 4 is 23.1 Å². The van der Waals surface area contributed by atoms with E-state index in [9.17, 15) is 14.7 Å². The number of ether oxygens (including phenoxy) is 2. The first-order valence-corrected chi connectivity index (χ1v) is 11.3. The molecule has 1 aliphatic heterocycles. The molecular weight excluding hydrogens is 430 g/mol. The van der Waals surface area contributed by atoms with Crippen molar-refractivity contribution in [2.45, 2.75) is 32.9 Å². The summed E-state index contributed by atoms with van der Waals surface area (Å²) in [7, 11) is 0. The first-order valence-electron chi connectivity index (χ1n) is 11.3. The van der Waals surface area contributed by atoms with Gasteiger partial charge in [-0.15, -0.1) is 0 Å². The van der Waals surface area contributed by atoms with Gasteiger partial charge in [0.25, 0.3) is 11.7 Å². The molecule has 1 heterocycles. The Kier molecular flexibility index (Phi) is 6.68. The van der Waals surface area contributed by atoms with Crippen molar-refractivity contribution in [2.75, 3.05) is 11.5 Å². The Morgan fingerprint density at radius 1 is 0.912 bits per heavy atom. The zero-order valence-electron chi connectivity index (χ0n) is 19.4. The van der Waals surface area contributed by atoms with Crippen LogP contribution >= 0.6 is 0 Å². The Bertz CT molecular complexity index is 1200. The predicted molar refractivity (Wildman–Crippen MR) is 131 cm³/mol. The van der Waals surface area contributed by atoms with Crippen LogP contribution in [0.1, 0.15) is 37.9 Å². The summed E-state index contributed by atoms with van der Waals surface area (Å²) in [5, 5.41) is 11.2. The molecule has 1 atom stereocenters. The van der Waals surface area contributed by atoms with Gasteiger partial charge in [0.15, 0.2) is 0 Å². The average Bonchev–Trinajstić information content (AvgIpc) is 3.10. The van der Waals surface area contributed by atoms with E-state index in [-0.39, 0.29) is 17.4 Å². The lowest BCUT2D eigenvalue weighted by atomic mass is 9.95. The van der Waals surface area contributed by atoms with Crippen LogP contribution in [0.25, 0.3) is 5.76 Å². The van der Waals surface area contributed by atoms with Crippen molar-refractivity contribution in [3.63, 3.8) is 0 Å². The highest BCUT2D eigenvalue weighted by Gasteiger charge is 2.46. The topological polar surface area (TPSA) is 76.1 Å². The number of benzene rings is 3. The van der Waals surface area contributed by atoms with Crippen LogP contribution in [0.4, 0.5) is 5.69 Å². The molecule has 6 nitrogen and oxygen atoms in total. The molecule has 4 rings (SSSR count). The van der Waals surface area contributed by atoms with Crippen molar-refractivity contribution in [3.8, 4) is 11.5 Å². The van der Waals surface area contributed by atoms with Gasteiger partial charge in [-0.3, -0.25) is 14.5 Å².